The SMILES string of the molecule is COc1cc(C)c(C(=O)c2cn(CCN)cn2)cc1C. The molecule has 0 saturated carbocycles. The summed E-state index contributed by atoms with van der Waals surface area (Å²) >= 11 is 0. The lowest BCUT2D eigenvalue weighted by Gasteiger charge is -2.09. The van der Waals surface area contributed by atoms with Crippen molar-refractivity contribution in [3.63, 3.8) is 0 Å². The summed E-state index contributed by atoms with van der Waals surface area (Å²) in [6.07, 6.45) is 3.36. The zero-order chi connectivity index (χ0) is 14.7. The van der Waals surface area contributed by atoms with Gasteiger partial charge >= 0.3 is 0 Å². The third-order valence-electron chi connectivity index (χ3n) is 3.24. The lowest BCUT2D eigenvalue weighted by Crippen LogP contribution is -2.08. The molecule has 0 saturated heterocycles. The number of ether oxygens (including phenoxy) is 1. The third kappa shape index (κ3) is 2.72. The van der Waals surface area contributed by atoms with Crippen LogP contribution in [0.25, 0.3) is 0 Å². The van der Waals surface area contributed by atoms with Crippen LogP contribution in [0.4, 0.5) is 0 Å². The van der Waals surface area contributed by atoms with Crippen LogP contribution in [0.1, 0.15) is 27.2 Å². The Labute approximate surface area is 118 Å². The molecule has 1 aromatic carbocycles. The highest BCUT2D eigenvalue weighted by atomic mass is 16.5. The van der Waals surface area contributed by atoms with Crippen LogP contribution in [0.5, 0.6) is 5.75 Å². The fourth-order valence-corrected chi connectivity index (χ4v) is 2.14. The van der Waals surface area contributed by atoms with Gasteiger partial charge < -0.3 is 15.0 Å². The third-order valence-corrected chi connectivity index (χ3v) is 3.24. The largest absolute Gasteiger partial charge is 0.496 e. The fraction of sp³-hybridized carbons (Fsp3) is 0.333. The number of aryl methyl sites for hydroxylation is 2. The smallest absolute Gasteiger partial charge is 0.213 e. The van der Waals surface area contributed by atoms with Gasteiger partial charge in [-0.05, 0) is 37.1 Å². The molecule has 2 N–H and O–H groups in total. The number of nitrogens with two attached hydrogens (primary N) is 1. The van der Waals surface area contributed by atoms with Crippen molar-refractivity contribution < 1.29 is 9.53 Å². The second-order valence-corrected chi connectivity index (χ2v) is 4.75. The quantitative estimate of drug-likeness (QED) is 0.842. The molecule has 0 unspecified atom stereocenters. The van der Waals surface area contributed by atoms with Gasteiger partial charge in [-0.1, -0.05) is 0 Å². The second kappa shape index (κ2) is 5.88. The van der Waals surface area contributed by atoms with E-state index in [0.29, 0.717) is 24.3 Å². The van der Waals surface area contributed by atoms with E-state index in [9.17, 15) is 4.79 Å². The number of nitrogens with zero attached hydrogens (tertiary/aromatic N) is 2. The van der Waals surface area contributed by atoms with E-state index in [-0.39, 0.29) is 5.78 Å². The molecule has 106 valence electrons. The van der Waals surface area contributed by atoms with E-state index < -0.39 is 0 Å². The number of carbonyl (C=O) groups is 1. The highest BCUT2D eigenvalue weighted by Gasteiger charge is 2.16. The van der Waals surface area contributed by atoms with Crippen molar-refractivity contribution in [2.45, 2.75) is 20.4 Å². The maximum atomic E-state index is 12.5. The lowest BCUT2D eigenvalue weighted by molar-refractivity contribution is 0.103. The topological polar surface area (TPSA) is 70.1 Å². The number of imidazole rings is 1. The van der Waals surface area contributed by atoms with Crippen LogP contribution >= 0.6 is 0 Å². The predicted octanol–water partition coefficient (Wildman–Crippen LogP) is 1.70. The molecule has 0 amide bonds. The van der Waals surface area contributed by atoms with Crippen molar-refractivity contribution in [3.05, 3.63) is 47.0 Å². The van der Waals surface area contributed by atoms with Crippen LogP contribution in [0.3, 0.4) is 0 Å². The van der Waals surface area contributed by atoms with Crippen LogP contribution in [0.15, 0.2) is 24.7 Å². The first-order valence-electron chi connectivity index (χ1n) is 6.48. The van der Waals surface area contributed by atoms with Crippen LogP contribution in [-0.4, -0.2) is 29.0 Å². The minimum atomic E-state index is -0.0796. The molecule has 0 radical (unpaired) electrons. The summed E-state index contributed by atoms with van der Waals surface area (Å²) in [6.45, 7) is 4.99. The molecule has 5 nitrogen and oxygen atoms in total. The van der Waals surface area contributed by atoms with Crippen molar-refractivity contribution >= 4 is 5.78 Å². The highest BCUT2D eigenvalue weighted by Crippen LogP contribution is 2.24. The Bertz CT molecular complexity index is 632. The minimum Gasteiger partial charge on any atom is -0.496 e. The van der Waals surface area contributed by atoms with E-state index in [1.165, 1.54) is 0 Å². The first-order valence-corrected chi connectivity index (χ1v) is 6.48. The first-order chi connectivity index (χ1) is 9.56. The van der Waals surface area contributed by atoms with Gasteiger partial charge in [-0.15, -0.1) is 0 Å². The van der Waals surface area contributed by atoms with Crippen LogP contribution in [0.2, 0.25) is 0 Å². The monoisotopic (exact) mass is 273 g/mol. The van der Waals surface area contributed by atoms with Gasteiger partial charge in [-0.2, -0.15) is 0 Å². The molecule has 5 heteroatoms. The van der Waals surface area contributed by atoms with E-state index in [0.717, 1.165) is 16.9 Å². The molecule has 0 aliphatic heterocycles. The summed E-state index contributed by atoms with van der Waals surface area (Å²) in [6, 6.07) is 3.72. The summed E-state index contributed by atoms with van der Waals surface area (Å²) in [7, 11) is 1.62. The molecule has 0 fully saturated rings. The van der Waals surface area contributed by atoms with Gasteiger partial charge in [0.25, 0.3) is 0 Å². The summed E-state index contributed by atoms with van der Waals surface area (Å²) in [5.41, 5.74) is 8.39. The summed E-state index contributed by atoms with van der Waals surface area (Å²) in [5.74, 6) is 0.705. The van der Waals surface area contributed by atoms with Crippen molar-refractivity contribution in [1.29, 1.82) is 0 Å². The molecule has 1 aromatic heterocycles. The average molecular weight is 273 g/mol. The number of ketones is 1. The normalized spacial score (nSPS) is 10.6. The number of methoxy groups -OCH3 is 1. The Morgan fingerprint density at radius 2 is 2.10 bits per heavy atom. The molecule has 0 atom stereocenters. The van der Waals surface area contributed by atoms with Crippen LogP contribution < -0.4 is 10.5 Å². The highest BCUT2D eigenvalue weighted by molar-refractivity contribution is 6.08. The summed E-state index contributed by atoms with van der Waals surface area (Å²) < 4.78 is 7.08. The van der Waals surface area contributed by atoms with Crippen molar-refractivity contribution in [2.24, 2.45) is 5.73 Å². The standard InChI is InChI=1S/C15H19N3O2/c1-10-7-14(20-3)11(2)6-12(10)15(19)13-8-18(5-4-16)9-17-13/h6-9H,4-5,16H2,1-3H3. The molecule has 1 heterocycles. The van der Waals surface area contributed by atoms with Gasteiger partial charge in [-0.25, -0.2) is 4.98 Å². The molecule has 2 aromatic rings. The Balaban J connectivity index is 2.35. The molecule has 2 rings (SSSR count). The van der Waals surface area contributed by atoms with Crippen molar-refractivity contribution in [2.75, 3.05) is 13.7 Å². The van der Waals surface area contributed by atoms with Gasteiger partial charge in [0.1, 0.15) is 11.4 Å². The van der Waals surface area contributed by atoms with Crippen molar-refractivity contribution in [1.82, 2.24) is 9.55 Å². The van der Waals surface area contributed by atoms with E-state index >= 15 is 0 Å². The summed E-state index contributed by atoms with van der Waals surface area (Å²) in [4.78, 5) is 16.6. The molecule has 0 aliphatic rings. The average Bonchev–Trinajstić information content (AvgIpc) is 2.89. The zero-order valence-corrected chi connectivity index (χ0v) is 12.0. The van der Waals surface area contributed by atoms with Gasteiger partial charge in [0, 0.05) is 24.8 Å². The van der Waals surface area contributed by atoms with Crippen LogP contribution in [0, 0.1) is 13.8 Å². The maximum Gasteiger partial charge on any atom is 0.213 e. The Kier molecular flexibility index (Phi) is 4.20. The van der Waals surface area contributed by atoms with Gasteiger partial charge in [0.15, 0.2) is 0 Å². The number of hydrogen-bond acceptors (Lipinski definition) is 4. The number of rotatable bonds is 5. The van der Waals surface area contributed by atoms with E-state index in [1.54, 1.807) is 19.6 Å². The summed E-state index contributed by atoms with van der Waals surface area (Å²) in [5, 5.41) is 0. The predicted molar refractivity (Wildman–Crippen MR) is 77.2 cm³/mol. The van der Waals surface area contributed by atoms with Crippen LogP contribution in [-0.2, 0) is 6.54 Å². The molecular weight excluding hydrogens is 254 g/mol. The molecule has 20 heavy (non-hydrogen) atoms. The maximum absolute atomic E-state index is 12.5. The Hall–Kier alpha value is -2.14. The van der Waals surface area contributed by atoms with Crippen molar-refractivity contribution in [3.8, 4) is 5.75 Å². The van der Waals surface area contributed by atoms with Gasteiger partial charge in [0.05, 0.1) is 13.4 Å². The van der Waals surface area contributed by atoms with E-state index in [4.69, 9.17) is 10.5 Å². The Morgan fingerprint density at radius 3 is 2.75 bits per heavy atom. The fourth-order valence-electron chi connectivity index (χ4n) is 2.14. The molecular formula is C15H19N3O2. The molecule has 0 spiro atoms. The van der Waals surface area contributed by atoms with E-state index in [2.05, 4.69) is 4.98 Å². The Morgan fingerprint density at radius 1 is 1.35 bits per heavy atom. The van der Waals surface area contributed by atoms with Gasteiger partial charge in [0.2, 0.25) is 5.78 Å². The first kappa shape index (κ1) is 14.3. The zero-order valence-electron chi connectivity index (χ0n) is 12.0. The van der Waals surface area contributed by atoms with E-state index in [1.807, 2.05) is 30.5 Å². The molecule has 0 aliphatic carbocycles. The minimum absolute atomic E-state index is 0.0796. The second-order valence-electron chi connectivity index (χ2n) is 4.75. The number of benzene rings is 1. The molecule has 0 bridgehead atoms. The lowest BCUT2D eigenvalue weighted by atomic mass is 10.00. The number of hydrogen-bond donors (Lipinski definition) is 1. The number of aromatic nitrogens is 2. The number of carbonyl (C=O) groups excluding carboxylic acids is 1. The van der Waals surface area contributed by atoms with Gasteiger partial charge in [-0.3, -0.25) is 4.79 Å².